The molecule has 0 aliphatic carbocycles. The van der Waals surface area contributed by atoms with E-state index < -0.39 is 5.91 Å². The Labute approximate surface area is 112 Å². The van der Waals surface area contributed by atoms with E-state index in [9.17, 15) is 4.79 Å². The van der Waals surface area contributed by atoms with Crippen LogP contribution in [0.1, 0.15) is 10.4 Å². The van der Waals surface area contributed by atoms with Gasteiger partial charge in [0, 0.05) is 4.47 Å². The van der Waals surface area contributed by atoms with Gasteiger partial charge in [0.25, 0.3) is 5.91 Å². The van der Waals surface area contributed by atoms with Crippen molar-refractivity contribution in [2.45, 2.75) is 0 Å². The molecule has 0 aromatic heterocycles. The molecule has 0 radical (unpaired) electrons. The van der Waals surface area contributed by atoms with Gasteiger partial charge >= 0.3 is 0 Å². The van der Waals surface area contributed by atoms with Gasteiger partial charge in [-0.2, -0.15) is 10.5 Å². The number of carbonyl (C=O) groups excluding carboxylic acids is 1. The van der Waals surface area contributed by atoms with Crippen LogP contribution in [-0.4, -0.2) is 23.9 Å². The molecule has 1 amide bonds. The first-order chi connectivity index (χ1) is 8.10. The summed E-state index contributed by atoms with van der Waals surface area (Å²) in [5.74, 6) is -0.425. The van der Waals surface area contributed by atoms with Crippen molar-refractivity contribution in [2.75, 3.05) is 13.1 Å². The lowest BCUT2D eigenvalue weighted by Gasteiger charge is -2.16. The van der Waals surface area contributed by atoms with E-state index in [0.717, 1.165) is 9.37 Å². The molecule has 0 aliphatic heterocycles. The monoisotopic (exact) mass is 311 g/mol. The Bertz CT molecular complexity index is 502. The average molecular weight is 313 g/mol. The van der Waals surface area contributed by atoms with Gasteiger partial charge < -0.3 is 4.90 Å². The van der Waals surface area contributed by atoms with Crippen LogP contribution in [0.25, 0.3) is 0 Å². The molecule has 0 fully saturated rings. The van der Waals surface area contributed by atoms with E-state index in [1.165, 1.54) is 0 Å². The summed E-state index contributed by atoms with van der Waals surface area (Å²) >= 11 is 9.16. The summed E-state index contributed by atoms with van der Waals surface area (Å²) in [6.45, 7) is -0.280. The Morgan fingerprint density at radius 3 is 2.41 bits per heavy atom. The van der Waals surface area contributed by atoms with Crippen LogP contribution in [0.5, 0.6) is 0 Å². The molecule has 1 aromatic carbocycles. The van der Waals surface area contributed by atoms with Gasteiger partial charge in [-0.3, -0.25) is 4.79 Å². The number of nitrogens with zero attached hydrogens (tertiary/aromatic N) is 3. The van der Waals surface area contributed by atoms with Crippen LogP contribution in [0.2, 0.25) is 5.02 Å². The summed E-state index contributed by atoms with van der Waals surface area (Å²) in [7, 11) is 0. The smallest absolute Gasteiger partial charge is 0.257 e. The summed E-state index contributed by atoms with van der Waals surface area (Å²) < 4.78 is 0.756. The predicted octanol–water partition coefficient (Wildman–Crippen LogP) is 2.59. The van der Waals surface area contributed by atoms with Gasteiger partial charge in [-0.1, -0.05) is 27.5 Å². The lowest BCUT2D eigenvalue weighted by molar-refractivity contribution is 0.0795. The fraction of sp³-hybridized carbons (Fsp3) is 0.182. The summed E-state index contributed by atoms with van der Waals surface area (Å²) in [6.07, 6.45) is 0. The number of hydrogen-bond donors (Lipinski definition) is 0. The molecule has 0 bridgehead atoms. The standard InChI is InChI=1S/C11H7BrClN3O/c12-8-1-2-9(10(13)7-8)11(17)16(5-3-14)6-4-15/h1-2,7H,5-6H2. The number of nitriles is 2. The van der Waals surface area contributed by atoms with Crippen molar-refractivity contribution in [1.29, 1.82) is 10.5 Å². The Hall–Kier alpha value is -1.56. The molecule has 6 heteroatoms. The van der Waals surface area contributed by atoms with E-state index in [4.69, 9.17) is 22.1 Å². The summed E-state index contributed by atoms with van der Waals surface area (Å²) in [6, 6.07) is 8.49. The molecule has 0 unspecified atom stereocenters. The van der Waals surface area contributed by atoms with Gasteiger partial charge in [-0.15, -0.1) is 0 Å². The Kier molecular flexibility index (Phi) is 4.96. The SMILES string of the molecule is N#CCN(CC#N)C(=O)c1ccc(Br)cc1Cl. The summed E-state index contributed by atoms with van der Waals surface area (Å²) in [5.41, 5.74) is 0.278. The van der Waals surface area contributed by atoms with Crippen molar-refractivity contribution in [2.24, 2.45) is 0 Å². The second-order valence-corrected chi connectivity index (χ2v) is 4.42. The number of amides is 1. The fourth-order valence-electron chi connectivity index (χ4n) is 1.20. The number of benzene rings is 1. The zero-order valence-corrected chi connectivity index (χ0v) is 11.0. The van der Waals surface area contributed by atoms with Crippen molar-refractivity contribution in [3.63, 3.8) is 0 Å². The normalized spacial score (nSPS) is 9.18. The highest BCUT2D eigenvalue weighted by Gasteiger charge is 2.17. The van der Waals surface area contributed by atoms with Crippen LogP contribution in [0.4, 0.5) is 0 Å². The van der Waals surface area contributed by atoms with Gasteiger partial charge in [-0.05, 0) is 18.2 Å². The minimum atomic E-state index is -0.425. The maximum Gasteiger partial charge on any atom is 0.257 e. The van der Waals surface area contributed by atoms with Gasteiger partial charge in [0.2, 0.25) is 0 Å². The van der Waals surface area contributed by atoms with Crippen molar-refractivity contribution in [1.82, 2.24) is 4.90 Å². The Morgan fingerprint density at radius 1 is 1.35 bits per heavy atom. The Morgan fingerprint density at radius 2 is 1.94 bits per heavy atom. The molecule has 0 spiro atoms. The number of halogens is 2. The molecule has 0 heterocycles. The van der Waals surface area contributed by atoms with Crippen LogP contribution in [-0.2, 0) is 0 Å². The van der Waals surface area contributed by atoms with Gasteiger partial charge in [0.05, 0.1) is 22.7 Å². The van der Waals surface area contributed by atoms with Crippen molar-refractivity contribution in [3.8, 4) is 12.1 Å². The third-order valence-electron chi connectivity index (χ3n) is 1.97. The zero-order valence-electron chi connectivity index (χ0n) is 8.65. The fourth-order valence-corrected chi connectivity index (χ4v) is 1.96. The lowest BCUT2D eigenvalue weighted by Crippen LogP contribution is -2.31. The molecule has 4 nitrogen and oxygen atoms in total. The summed E-state index contributed by atoms with van der Waals surface area (Å²) in [4.78, 5) is 13.1. The molecule has 0 atom stereocenters. The quantitative estimate of drug-likeness (QED) is 0.806. The van der Waals surface area contributed by atoms with Crippen molar-refractivity contribution < 1.29 is 4.79 Å². The second kappa shape index (κ2) is 6.24. The van der Waals surface area contributed by atoms with Crippen LogP contribution in [0, 0.1) is 22.7 Å². The highest BCUT2D eigenvalue weighted by atomic mass is 79.9. The van der Waals surface area contributed by atoms with Crippen molar-refractivity contribution in [3.05, 3.63) is 33.3 Å². The zero-order chi connectivity index (χ0) is 12.8. The van der Waals surface area contributed by atoms with Crippen LogP contribution < -0.4 is 0 Å². The van der Waals surface area contributed by atoms with Crippen molar-refractivity contribution >= 4 is 33.4 Å². The topological polar surface area (TPSA) is 67.9 Å². The first-order valence-corrected chi connectivity index (χ1v) is 5.75. The average Bonchev–Trinajstić information content (AvgIpc) is 2.28. The minimum absolute atomic E-state index is 0.140. The first kappa shape index (κ1) is 13.5. The molecular formula is C11H7BrClN3O. The van der Waals surface area contributed by atoms with E-state index in [-0.39, 0.29) is 23.7 Å². The molecule has 0 saturated carbocycles. The number of hydrogen-bond acceptors (Lipinski definition) is 3. The maximum absolute atomic E-state index is 12.0. The van der Waals surface area contributed by atoms with Crippen LogP contribution >= 0.6 is 27.5 Å². The number of rotatable bonds is 3. The molecule has 1 rings (SSSR count). The summed E-state index contributed by atoms with van der Waals surface area (Å²) in [5, 5.41) is 17.4. The van der Waals surface area contributed by atoms with E-state index in [1.54, 1.807) is 18.2 Å². The van der Waals surface area contributed by atoms with E-state index in [2.05, 4.69) is 15.9 Å². The third-order valence-corrected chi connectivity index (χ3v) is 2.78. The molecule has 0 N–H and O–H groups in total. The minimum Gasteiger partial charge on any atom is -0.312 e. The van der Waals surface area contributed by atoms with Gasteiger partial charge in [-0.25, -0.2) is 0 Å². The lowest BCUT2D eigenvalue weighted by atomic mass is 10.2. The Balaban J connectivity index is 3.02. The molecule has 0 saturated heterocycles. The largest absolute Gasteiger partial charge is 0.312 e. The van der Waals surface area contributed by atoms with E-state index in [1.807, 2.05) is 12.1 Å². The van der Waals surface area contributed by atoms with E-state index in [0.29, 0.717) is 0 Å². The molecule has 1 aromatic rings. The van der Waals surface area contributed by atoms with E-state index >= 15 is 0 Å². The maximum atomic E-state index is 12.0. The molecule has 86 valence electrons. The third kappa shape index (κ3) is 3.45. The second-order valence-electron chi connectivity index (χ2n) is 3.10. The van der Waals surface area contributed by atoms with Gasteiger partial charge in [0.1, 0.15) is 13.1 Å². The van der Waals surface area contributed by atoms with Gasteiger partial charge in [0.15, 0.2) is 0 Å². The first-order valence-electron chi connectivity index (χ1n) is 4.58. The molecular weight excluding hydrogens is 305 g/mol. The predicted molar refractivity (Wildman–Crippen MR) is 66.3 cm³/mol. The highest BCUT2D eigenvalue weighted by Crippen LogP contribution is 2.22. The van der Waals surface area contributed by atoms with Crippen LogP contribution in [0.3, 0.4) is 0 Å². The number of carbonyl (C=O) groups is 1. The van der Waals surface area contributed by atoms with Crippen LogP contribution in [0.15, 0.2) is 22.7 Å². The highest BCUT2D eigenvalue weighted by molar-refractivity contribution is 9.10. The molecule has 0 aliphatic rings. The molecule has 17 heavy (non-hydrogen) atoms.